The summed E-state index contributed by atoms with van der Waals surface area (Å²) < 4.78 is 3.32. The summed E-state index contributed by atoms with van der Waals surface area (Å²) in [5.41, 5.74) is 0. The molecular weight excluding hydrogens is 332 g/mol. The van der Waals surface area contributed by atoms with E-state index >= 15 is 0 Å². The van der Waals surface area contributed by atoms with Gasteiger partial charge in [-0.15, -0.1) is 0 Å². The molecule has 0 saturated heterocycles. The van der Waals surface area contributed by atoms with Crippen molar-refractivity contribution in [2.45, 2.75) is 13.1 Å². The molecule has 0 atom stereocenters. The van der Waals surface area contributed by atoms with E-state index in [1.54, 1.807) is 22.0 Å². The third-order valence-electron chi connectivity index (χ3n) is 4.06. The molecule has 0 N–H and O–H groups in total. The number of hydrogen-bond acceptors (Lipinski definition) is 6. The molecule has 0 bridgehead atoms. The molecule has 9 heteroatoms. The quantitative estimate of drug-likeness (QED) is 0.498. The van der Waals surface area contributed by atoms with E-state index < -0.39 is 8.07 Å². The highest BCUT2D eigenvalue weighted by Crippen LogP contribution is 2.07. The van der Waals surface area contributed by atoms with Crippen molar-refractivity contribution >= 4 is 18.7 Å². The van der Waals surface area contributed by atoms with Gasteiger partial charge >= 0.3 is 0 Å². The van der Waals surface area contributed by atoms with Crippen LogP contribution in [0.3, 0.4) is 0 Å². The van der Waals surface area contributed by atoms with Crippen molar-refractivity contribution in [1.82, 2.24) is 39.5 Å². The summed E-state index contributed by atoms with van der Waals surface area (Å²) in [6.07, 6.45) is 6.29. The fourth-order valence-corrected chi connectivity index (χ4v) is 4.66. The van der Waals surface area contributed by atoms with Crippen molar-refractivity contribution in [3.8, 4) is 11.6 Å². The second-order valence-corrected chi connectivity index (χ2v) is 10.3. The van der Waals surface area contributed by atoms with Gasteiger partial charge < -0.3 is 0 Å². The Labute approximate surface area is 145 Å². The standard InChI is InChI=1S/C16H16N8Si/c1-25(2,15-7-3-5-13(21-15)23-11-17-9-19-23)16-8-4-6-14(22-16)24-12-18-10-20-24/h3-12H,1-2H3. The van der Waals surface area contributed by atoms with Gasteiger partial charge in [0.05, 0.1) is 0 Å². The molecule has 25 heavy (non-hydrogen) atoms. The van der Waals surface area contributed by atoms with E-state index in [2.05, 4.69) is 45.4 Å². The Morgan fingerprint density at radius 1 is 0.720 bits per heavy atom. The summed E-state index contributed by atoms with van der Waals surface area (Å²) in [7, 11) is -2.09. The van der Waals surface area contributed by atoms with Crippen LogP contribution < -0.4 is 10.6 Å². The zero-order valence-electron chi connectivity index (χ0n) is 13.9. The molecule has 0 spiro atoms. The molecule has 0 amide bonds. The maximum atomic E-state index is 4.80. The predicted molar refractivity (Wildman–Crippen MR) is 95.1 cm³/mol. The lowest BCUT2D eigenvalue weighted by atomic mass is 10.4. The SMILES string of the molecule is C[Si](C)(c1cccc(-n2cncn2)n1)c1cccc(-n2cncn2)n1. The minimum absolute atomic E-state index is 0.753. The Morgan fingerprint density at radius 3 is 1.60 bits per heavy atom. The highest BCUT2D eigenvalue weighted by Gasteiger charge is 2.30. The normalized spacial score (nSPS) is 11.6. The molecule has 4 aromatic heterocycles. The lowest BCUT2D eigenvalue weighted by molar-refractivity contribution is 0.847. The minimum atomic E-state index is -2.09. The van der Waals surface area contributed by atoms with Gasteiger partial charge in [0.15, 0.2) is 19.7 Å². The number of rotatable bonds is 4. The van der Waals surface area contributed by atoms with Crippen LogP contribution in [0.5, 0.6) is 0 Å². The van der Waals surface area contributed by atoms with Crippen LogP contribution in [0.2, 0.25) is 13.1 Å². The van der Waals surface area contributed by atoms with Crippen molar-refractivity contribution in [3.63, 3.8) is 0 Å². The molecular formula is C16H16N8Si. The third kappa shape index (κ3) is 2.85. The van der Waals surface area contributed by atoms with Crippen molar-refractivity contribution in [2.24, 2.45) is 0 Å². The second kappa shape index (κ2) is 6.02. The van der Waals surface area contributed by atoms with Gasteiger partial charge in [-0.05, 0) is 24.3 Å². The average Bonchev–Trinajstić information content (AvgIpc) is 3.36. The number of nitrogens with zero attached hydrogens (tertiary/aromatic N) is 8. The third-order valence-corrected chi connectivity index (χ3v) is 7.17. The first-order valence-corrected chi connectivity index (χ1v) is 10.8. The van der Waals surface area contributed by atoms with E-state index in [9.17, 15) is 0 Å². The van der Waals surface area contributed by atoms with Gasteiger partial charge in [0.25, 0.3) is 0 Å². The topological polar surface area (TPSA) is 87.2 Å². The van der Waals surface area contributed by atoms with Gasteiger partial charge in [-0.1, -0.05) is 25.2 Å². The summed E-state index contributed by atoms with van der Waals surface area (Å²) in [6, 6.07) is 11.9. The molecule has 0 aliphatic carbocycles. The summed E-state index contributed by atoms with van der Waals surface area (Å²) in [5.74, 6) is 1.51. The van der Waals surface area contributed by atoms with Crippen LogP contribution in [0, 0.1) is 0 Å². The maximum Gasteiger partial charge on any atom is 0.158 e. The molecule has 4 aromatic rings. The summed E-state index contributed by atoms with van der Waals surface area (Å²) >= 11 is 0. The monoisotopic (exact) mass is 348 g/mol. The average molecular weight is 348 g/mol. The van der Waals surface area contributed by atoms with Crippen LogP contribution in [-0.4, -0.2) is 47.6 Å². The molecule has 8 nitrogen and oxygen atoms in total. The van der Waals surface area contributed by atoms with E-state index in [1.807, 2.05) is 24.3 Å². The number of pyridine rings is 2. The first kappa shape index (κ1) is 15.3. The zero-order valence-corrected chi connectivity index (χ0v) is 14.9. The fourth-order valence-electron chi connectivity index (χ4n) is 2.58. The van der Waals surface area contributed by atoms with Crippen molar-refractivity contribution in [1.29, 1.82) is 0 Å². The Kier molecular flexibility index (Phi) is 3.69. The lowest BCUT2D eigenvalue weighted by Crippen LogP contribution is -2.55. The van der Waals surface area contributed by atoms with Crippen molar-refractivity contribution < 1.29 is 0 Å². The Balaban J connectivity index is 1.75. The Hall–Kier alpha value is -3.20. The first-order valence-electron chi connectivity index (χ1n) is 7.80. The van der Waals surface area contributed by atoms with E-state index in [0.29, 0.717) is 0 Å². The second-order valence-electron chi connectivity index (χ2n) is 6.07. The molecule has 0 unspecified atom stereocenters. The first-order chi connectivity index (χ1) is 12.1. The fraction of sp³-hybridized carbons (Fsp3) is 0.125. The van der Waals surface area contributed by atoms with Crippen LogP contribution in [0.25, 0.3) is 11.6 Å². The van der Waals surface area contributed by atoms with Crippen LogP contribution >= 0.6 is 0 Å². The Morgan fingerprint density at radius 2 is 1.20 bits per heavy atom. The van der Waals surface area contributed by atoms with Gasteiger partial charge in [0, 0.05) is 10.6 Å². The smallest absolute Gasteiger partial charge is 0.158 e. The van der Waals surface area contributed by atoms with Crippen molar-refractivity contribution in [3.05, 3.63) is 61.7 Å². The molecule has 124 valence electrons. The summed E-state index contributed by atoms with van der Waals surface area (Å²) in [4.78, 5) is 17.6. The Bertz CT molecular complexity index is 899. The van der Waals surface area contributed by atoms with E-state index in [1.165, 1.54) is 12.7 Å². The number of aromatic nitrogens is 8. The van der Waals surface area contributed by atoms with E-state index in [0.717, 1.165) is 22.3 Å². The molecule has 0 aliphatic heterocycles. The molecule has 0 fully saturated rings. The van der Waals surface area contributed by atoms with E-state index in [4.69, 9.17) is 9.97 Å². The zero-order chi connectivity index (χ0) is 17.3. The summed E-state index contributed by atoms with van der Waals surface area (Å²) in [5, 5.41) is 10.4. The minimum Gasteiger partial charge on any atom is -0.238 e. The molecule has 0 aromatic carbocycles. The van der Waals surface area contributed by atoms with Gasteiger partial charge in [-0.25, -0.2) is 29.3 Å². The molecule has 0 radical (unpaired) electrons. The van der Waals surface area contributed by atoms with Gasteiger partial charge in [-0.3, -0.25) is 0 Å². The van der Waals surface area contributed by atoms with Crippen LogP contribution in [-0.2, 0) is 0 Å². The summed E-state index contributed by atoms with van der Waals surface area (Å²) in [6.45, 7) is 4.46. The molecule has 4 rings (SSSR count). The molecule has 4 heterocycles. The largest absolute Gasteiger partial charge is 0.238 e. The highest BCUT2D eigenvalue weighted by molar-refractivity contribution is 6.99. The van der Waals surface area contributed by atoms with Crippen LogP contribution in [0.1, 0.15) is 0 Å². The van der Waals surface area contributed by atoms with Gasteiger partial charge in [-0.2, -0.15) is 10.2 Å². The maximum absolute atomic E-state index is 4.80. The molecule has 0 saturated carbocycles. The lowest BCUT2D eigenvalue weighted by Gasteiger charge is -2.22. The predicted octanol–water partition coefficient (Wildman–Crippen LogP) is 0.461. The van der Waals surface area contributed by atoms with Gasteiger partial charge in [0.2, 0.25) is 0 Å². The van der Waals surface area contributed by atoms with Gasteiger partial charge in [0.1, 0.15) is 25.3 Å². The van der Waals surface area contributed by atoms with Crippen LogP contribution in [0.15, 0.2) is 61.7 Å². The molecule has 0 aliphatic rings. The van der Waals surface area contributed by atoms with Crippen LogP contribution in [0.4, 0.5) is 0 Å². The van der Waals surface area contributed by atoms with E-state index in [-0.39, 0.29) is 0 Å². The highest BCUT2D eigenvalue weighted by atomic mass is 28.3. The van der Waals surface area contributed by atoms with Crippen molar-refractivity contribution in [2.75, 3.05) is 0 Å². The number of hydrogen-bond donors (Lipinski definition) is 0.